The van der Waals surface area contributed by atoms with Crippen LogP contribution in [-0.4, -0.2) is 35.5 Å². The first-order chi connectivity index (χ1) is 12.6. The van der Waals surface area contributed by atoms with E-state index in [9.17, 15) is 9.59 Å². The Balaban J connectivity index is 2.13. The van der Waals surface area contributed by atoms with Crippen LogP contribution in [0.15, 0.2) is 52.4 Å². The zero-order chi connectivity index (χ0) is 18.7. The van der Waals surface area contributed by atoms with Crippen LogP contribution in [-0.2, 0) is 4.74 Å². The number of benzene rings is 2. The van der Waals surface area contributed by atoms with Gasteiger partial charge in [0.2, 0.25) is 0 Å². The molecule has 0 aliphatic carbocycles. The van der Waals surface area contributed by atoms with Crippen molar-refractivity contribution in [2.45, 2.75) is 12.1 Å². The van der Waals surface area contributed by atoms with Gasteiger partial charge < -0.3 is 9.47 Å². The maximum atomic E-state index is 13.0. The molecule has 0 N–H and O–H groups in total. The molecule has 2 aromatic carbocycles. The molecule has 0 aliphatic rings. The molecule has 3 aromatic rings. The molecule has 1 aromatic heterocycles. The minimum atomic E-state index is -0.389. The van der Waals surface area contributed by atoms with Crippen LogP contribution in [0.3, 0.4) is 0 Å². The average molecular weight is 370 g/mol. The third-order valence-electron chi connectivity index (χ3n) is 3.86. The molecule has 134 valence electrons. The van der Waals surface area contributed by atoms with Crippen molar-refractivity contribution < 1.29 is 14.3 Å². The molecule has 6 nitrogen and oxygen atoms in total. The van der Waals surface area contributed by atoms with E-state index in [4.69, 9.17) is 9.47 Å². The van der Waals surface area contributed by atoms with Crippen molar-refractivity contribution in [3.05, 3.63) is 58.4 Å². The van der Waals surface area contributed by atoms with E-state index >= 15 is 0 Å². The van der Waals surface area contributed by atoms with Crippen LogP contribution >= 0.6 is 11.8 Å². The van der Waals surface area contributed by atoms with Gasteiger partial charge in [-0.2, -0.15) is 0 Å². The molecule has 26 heavy (non-hydrogen) atoms. The quantitative estimate of drug-likeness (QED) is 0.390. The summed E-state index contributed by atoms with van der Waals surface area (Å²) in [6, 6.07) is 11.9. The van der Waals surface area contributed by atoms with E-state index in [1.165, 1.54) is 16.3 Å². The summed E-state index contributed by atoms with van der Waals surface area (Å²) in [5.41, 5.74) is 1.48. The predicted octanol–water partition coefficient (Wildman–Crippen LogP) is 3.29. The van der Waals surface area contributed by atoms with E-state index < -0.39 is 0 Å². The molecule has 0 bridgehead atoms. The number of aromatic nitrogens is 2. The van der Waals surface area contributed by atoms with Gasteiger partial charge in [-0.15, -0.1) is 0 Å². The summed E-state index contributed by atoms with van der Waals surface area (Å²) in [7, 11) is 1.57. The van der Waals surface area contributed by atoms with E-state index in [0.717, 1.165) is 0 Å². The Kier molecular flexibility index (Phi) is 5.27. The second-order valence-corrected chi connectivity index (χ2v) is 6.16. The topological polar surface area (TPSA) is 70.4 Å². The zero-order valence-electron chi connectivity index (χ0n) is 14.7. The smallest absolute Gasteiger partial charge is 0.338 e. The van der Waals surface area contributed by atoms with E-state index in [0.29, 0.717) is 39.7 Å². The standard InChI is InChI=1S/C19H18N2O4S/c1-4-25-18(23)12-5-7-13(8-6-12)21-17(22)15-10-9-14(24-2)11-16(15)20-19(21)26-3/h5-11H,4H2,1-3H3. The maximum absolute atomic E-state index is 13.0. The van der Waals surface area contributed by atoms with Gasteiger partial charge in [0, 0.05) is 6.07 Å². The number of carbonyl (C=O) groups is 1. The number of thioether (sulfide) groups is 1. The Bertz CT molecular complexity index is 1010. The Morgan fingerprint density at radius 1 is 1.19 bits per heavy atom. The van der Waals surface area contributed by atoms with Gasteiger partial charge in [0.1, 0.15) is 5.75 Å². The number of methoxy groups -OCH3 is 1. The molecule has 0 fully saturated rings. The first-order valence-electron chi connectivity index (χ1n) is 8.01. The second kappa shape index (κ2) is 7.61. The van der Waals surface area contributed by atoms with Crippen LogP contribution in [0.4, 0.5) is 0 Å². The van der Waals surface area contributed by atoms with Crippen LogP contribution in [0.2, 0.25) is 0 Å². The third kappa shape index (κ3) is 3.30. The van der Waals surface area contributed by atoms with Crippen molar-refractivity contribution >= 4 is 28.6 Å². The highest BCUT2D eigenvalue weighted by atomic mass is 32.2. The Morgan fingerprint density at radius 3 is 2.54 bits per heavy atom. The number of hydrogen-bond donors (Lipinski definition) is 0. The highest BCUT2D eigenvalue weighted by Gasteiger charge is 2.14. The van der Waals surface area contributed by atoms with Gasteiger partial charge in [-0.05, 0) is 49.6 Å². The molecular weight excluding hydrogens is 352 g/mol. The number of hydrogen-bond acceptors (Lipinski definition) is 6. The molecule has 0 saturated heterocycles. The van der Waals surface area contributed by atoms with Crippen LogP contribution < -0.4 is 10.3 Å². The number of rotatable bonds is 5. The summed E-state index contributed by atoms with van der Waals surface area (Å²) >= 11 is 1.37. The zero-order valence-corrected chi connectivity index (χ0v) is 15.5. The van der Waals surface area contributed by atoms with Crippen molar-refractivity contribution in [2.24, 2.45) is 0 Å². The predicted molar refractivity (Wildman–Crippen MR) is 102 cm³/mol. The number of nitrogens with zero attached hydrogens (tertiary/aromatic N) is 2. The van der Waals surface area contributed by atoms with Gasteiger partial charge in [-0.25, -0.2) is 9.78 Å². The lowest BCUT2D eigenvalue weighted by molar-refractivity contribution is 0.0526. The van der Waals surface area contributed by atoms with Gasteiger partial charge in [0.15, 0.2) is 5.16 Å². The second-order valence-electron chi connectivity index (χ2n) is 5.39. The molecule has 0 amide bonds. The molecule has 7 heteroatoms. The van der Waals surface area contributed by atoms with E-state index in [2.05, 4.69) is 4.98 Å². The summed E-state index contributed by atoms with van der Waals surface area (Å²) in [5.74, 6) is 0.258. The molecular formula is C19H18N2O4S. The lowest BCUT2D eigenvalue weighted by Gasteiger charge is -2.13. The maximum Gasteiger partial charge on any atom is 0.338 e. The van der Waals surface area contributed by atoms with Crippen LogP contribution in [0.5, 0.6) is 5.75 Å². The minimum absolute atomic E-state index is 0.175. The van der Waals surface area contributed by atoms with Crippen LogP contribution in [0.25, 0.3) is 16.6 Å². The number of fused-ring (bicyclic) bond motifs is 1. The molecule has 0 spiro atoms. The van der Waals surface area contributed by atoms with E-state index in [1.807, 2.05) is 6.26 Å². The first kappa shape index (κ1) is 18.0. The molecule has 1 heterocycles. The molecule has 0 radical (unpaired) electrons. The van der Waals surface area contributed by atoms with E-state index in [-0.39, 0.29) is 11.5 Å². The summed E-state index contributed by atoms with van der Waals surface area (Å²) < 4.78 is 11.7. The highest BCUT2D eigenvalue weighted by molar-refractivity contribution is 7.98. The van der Waals surface area contributed by atoms with Gasteiger partial charge in [-0.3, -0.25) is 9.36 Å². The number of ether oxygens (including phenoxy) is 2. The summed E-state index contributed by atoms with van der Waals surface area (Å²) in [5, 5.41) is 1.05. The SMILES string of the molecule is CCOC(=O)c1ccc(-n2c(SC)nc3cc(OC)ccc3c2=O)cc1. The van der Waals surface area contributed by atoms with Crippen LogP contribution in [0.1, 0.15) is 17.3 Å². The van der Waals surface area contributed by atoms with Gasteiger partial charge in [-0.1, -0.05) is 11.8 Å². The van der Waals surface area contributed by atoms with Crippen molar-refractivity contribution in [2.75, 3.05) is 20.0 Å². The Morgan fingerprint density at radius 2 is 1.92 bits per heavy atom. The van der Waals surface area contributed by atoms with Gasteiger partial charge >= 0.3 is 5.97 Å². The first-order valence-corrected chi connectivity index (χ1v) is 9.24. The van der Waals surface area contributed by atoms with Gasteiger partial charge in [0.25, 0.3) is 5.56 Å². The Hall–Kier alpha value is -2.80. The molecule has 0 saturated carbocycles. The fraction of sp³-hybridized carbons (Fsp3) is 0.211. The fourth-order valence-corrected chi connectivity index (χ4v) is 3.16. The van der Waals surface area contributed by atoms with E-state index in [1.54, 1.807) is 56.5 Å². The minimum Gasteiger partial charge on any atom is -0.497 e. The summed E-state index contributed by atoms with van der Waals surface area (Å²) in [6.45, 7) is 2.07. The summed E-state index contributed by atoms with van der Waals surface area (Å²) in [6.07, 6.45) is 1.86. The molecule has 0 unspecified atom stereocenters. The highest BCUT2D eigenvalue weighted by Crippen LogP contribution is 2.22. The third-order valence-corrected chi connectivity index (χ3v) is 4.50. The molecule has 0 aliphatic heterocycles. The monoisotopic (exact) mass is 370 g/mol. The van der Waals surface area contributed by atoms with Crippen molar-refractivity contribution in [3.63, 3.8) is 0 Å². The van der Waals surface area contributed by atoms with Gasteiger partial charge in [0.05, 0.1) is 35.9 Å². The normalized spacial score (nSPS) is 10.7. The molecule has 3 rings (SSSR count). The van der Waals surface area contributed by atoms with Crippen LogP contribution in [0, 0.1) is 0 Å². The van der Waals surface area contributed by atoms with Crippen molar-refractivity contribution in [1.82, 2.24) is 9.55 Å². The Labute approximate surface area is 154 Å². The summed E-state index contributed by atoms with van der Waals surface area (Å²) in [4.78, 5) is 29.4. The molecule has 0 atom stereocenters. The number of carbonyl (C=O) groups excluding carboxylic acids is 1. The largest absolute Gasteiger partial charge is 0.497 e. The van der Waals surface area contributed by atoms with Crippen molar-refractivity contribution in [1.29, 1.82) is 0 Å². The number of esters is 1. The lowest BCUT2D eigenvalue weighted by atomic mass is 10.2. The lowest BCUT2D eigenvalue weighted by Crippen LogP contribution is -2.21. The van der Waals surface area contributed by atoms with Crippen molar-refractivity contribution in [3.8, 4) is 11.4 Å². The fourth-order valence-electron chi connectivity index (χ4n) is 2.60. The average Bonchev–Trinajstić information content (AvgIpc) is 2.67.